The van der Waals surface area contributed by atoms with E-state index in [1.54, 1.807) is 6.92 Å². The number of carbonyl (C=O) groups is 1. The number of ether oxygens (including phenoxy) is 1. The number of benzene rings is 1. The van der Waals surface area contributed by atoms with Crippen molar-refractivity contribution in [2.75, 3.05) is 31.6 Å². The molecule has 0 aliphatic carbocycles. The van der Waals surface area contributed by atoms with Gasteiger partial charge in [-0.15, -0.1) is 0 Å². The summed E-state index contributed by atoms with van der Waals surface area (Å²) >= 11 is 0. The number of rotatable bonds is 7. The van der Waals surface area contributed by atoms with E-state index in [0.29, 0.717) is 17.1 Å². The van der Waals surface area contributed by atoms with Gasteiger partial charge >= 0.3 is 5.97 Å². The van der Waals surface area contributed by atoms with Crippen LogP contribution in [0.15, 0.2) is 35.1 Å². The maximum absolute atomic E-state index is 12.2. The quantitative estimate of drug-likeness (QED) is 0.593. The minimum Gasteiger partial charge on any atom is -0.461 e. The first kappa shape index (κ1) is 20.3. The monoisotopic (exact) mass is 409 g/mol. The molecule has 0 unspecified atom stereocenters. The van der Waals surface area contributed by atoms with E-state index in [1.807, 2.05) is 0 Å². The van der Waals surface area contributed by atoms with Gasteiger partial charge in [-0.25, -0.2) is 9.78 Å². The second-order valence-corrected chi connectivity index (χ2v) is 7.74. The first-order chi connectivity index (χ1) is 14.6. The van der Waals surface area contributed by atoms with Crippen LogP contribution in [0.5, 0.6) is 0 Å². The summed E-state index contributed by atoms with van der Waals surface area (Å²) in [6.07, 6.45) is 3.64. The van der Waals surface area contributed by atoms with E-state index < -0.39 is 5.97 Å². The summed E-state index contributed by atoms with van der Waals surface area (Å²) in [5, 5.41) is 7.68. The summed E-state index contributed by atoms with van der Waals surface area (Å²) in [7, 11) is 0. The zero-order valence-electron chi connectivity index (χ0n) is 17.4. The first-order valence-electron chi connectivity index (χ1n) is 10.4. The normalized spacial score (nSPS) is 15.4. The maximum Gasteiger partial charge on any atom is 0.361 e. The number of anilines is 1. The molecule has 158 valence electrons. The third-order valence-electron chi connectivity index (χ3n) is 5.50. The Bertz CT molecular complexity index is 1010. The molecule has 8 nitrogen and oxygen atoms in total. The van der Waals surface area contributed by atoms with Gasteiger partial charge in [0.25, 0.3) is 5.71 Å². The number of hydrogen-bond acceptors (Lipinski definition) is 8. The van der Waals surface area contributed by atoms with Crippen molar-refractivity contribution < 1.29 is 14.1 Å². The highest BCUT2D eigenvalue weighted by Gasteiger charge is 2.24. The number of hydrogen-bond donors (Lipinski definition) is 1. The lowest BCUT2D eigenvalue weighted by molar-refractivity contribution is 0.0517. The highest BCUT2D eigenvalue weighted by molar-refractivity contribution is 6.04. The van der Waals surface area contributed by atoms with Crippen LogP contribution in [0, 0.1) is 12.8 Å². The third-order valence-corrected chi connectivity index (χ3v) is 5.50. The average Bonchev–Trinajstić information content (AvgIpc) is 3.18. The minimum atomic E-state index is -0.529. The van der Waals surface area contributed by atoms with Gasteiger partial charge in [-0.2, -0.15) is 4.98 Å². The lowest BCUT2D eigenvalue weighted by Gasteiger charge is -2.32. The Morgan fingerprint density at radius 3 is 2.90 bits per heavy atom. The molecule has 1 aromatic carbocycles. The van der Waals surface area contributed by atoms with E-state index >= 15 is 0 Å². The van der Waals surface area contributed by atoms with Crippen LogP contribution >= 0.6 is 0 Å². The van der Waals surface area contributed by atoms with Crippen molar-refractivity contribution in [1.29, 1.82) is 0 Å². The van der Waals surface area contributed by atoms with Gasteiger partial charge in [-0.05, 0) is 51.3 Å². The zero-order chi connectivity index (χ0) is 20.9. The number of aryl methyl sites for hydroxylation is 1. The molecule has 30 heavy (non-hydrogen) atoms. The van der Waals surface area contributed by atoms with Crippen LogP contribution < -0.4 is 5.32 Å². The Balaban J connectivity index is 1.35. The summed E-state index contributed by atoms with van der Waals surface area (Å²) in [4.78, 5) is 23.0. The molecule has 0 spiro atoms. The van der Waals surface area contributed by atoms with E-state index in [-0.39, 0.29) is 18.0 Å². The van der Waals surface area contributed by atoms with Crippen LogP contribution in [0.2, 0.25) is 0 Å². The molecular formula is C22H27N5O3. The molecule has 2 aromatic heterocycles. The summed E-state index contributed by atoms with van der Waals surface area (Å²) < 4.78 is 10.2. The highest BCUT2D eigenvalue weighted by atomic mass is 16.5. The number of aromatic nitrogens is 3. The molecule has 3 aromatic rings. The molecule has 4 rings (SSSR count). The van der Waals surface area contributed by atoms with Crippen LogP contribution in [0.1, 0.15) is 41.4 Å². The lowest BCUT2D eigenvalue weighted by Crippen LogP contribution is -2.35. The van der Waals surface area contributed by atoms with Gasteiger partial charge in [0.15, 0.2) is 0 Å². The van der Waals surface area contributed by atoms with E-state index in [0.717, 1.165) is 39.0 Å². The number of likely N-dealkylation sites (tertiary alicyclic amines) is 1. The lowest BCUT2D eigenvalue weighted by atomic mass is 9.96. The largest absolute Gasteiger partial charge is 0.461 e. The number of fused-ring (bicyclic) bond motifs is 1. The van der Waals surface area contributed by atoms with Crippen molar-refractivity contribution in [2.24, 2.45) is 5.92 Å². The molecule has 1 aliphatic heterocycles. The third kappa shape index (κ3) is 4.59. The summed E-state index contributed by atoms with van der Waals surface area (Å²) in [5.41, 5.74) is 3.07. The van der Waals surface area contributed by atoms with Crippen LogP contribution in [0.4, 0.5) is 5.82 Å². The van der Waals surface area contributed by atoms with E-state index in [9.17, 15) is 4.79 Å². The van der Waals surface area contributed by atoms with Gasteiger partial charge < -0.3 is 14.6 Å². The fourth-order valence-electron chi connectivity index (χ4n) is 3.92. The molecule has 1 aliphatic rings. The molecule has 0 saturated carbocycles. The molecule has 1 N–H and O–H groups in total. The van der Waals surface area contributed by atoms with Gasteiger partial charge in [0, 0.05) is 13.1 Å². The predicted octanol–water partition coefficient (Wildman–Crippen LogP) is 3.43. The molecule has 0 radical (unpaired) electrons. The topological polar surface area (TPSA) is 93.4 Å². The van der Waals surface area contributed by atoms with Crippen LogP contribution in [-0.2, 0) is 11.3 Å². The molecule has 0 amide bonds. The van der Waals surface area contributed by atoms with Crippen molar-refractivity contribution in [3.63, 3.8) is 0 Å². The molecule has 1 fully saturated rings. The Morgan fingerprint density at radius 2 is 2.13 bits per heavy atom. The first-order valence-corrected chi connectivity index (χ1v) is 10.4. The molecular weight excluding hydrogens is 382 g/mol. The molecule has 1 saturated heterocycles. The van der Waals surface area contributed by atoms with Crippen molar-refractivity contribution in [1.82, 2.24) is 20.0 Å². The van der Waals surface area contributed by atoms with Crippen LogP contribution in [0.3, 0.4) is 0 Å². The molecule has 0 atom stereocenters. The summed E-state index contributed by atoms with van der Waals surface area (Å²) in [5.74, 6) is 0.569. The Labute approximate surface area is 175 Å². The van der Waals surface area contributed by atoms with Crippen LogP contribution in [-0.4, -0.2) is 52.2 Å². The number of piperidine rings is 1. The van der Waals surface area contributed by atoms with Gasteiger partial charge in [0.05, 0.1) is 6.61 Å². The zero-order valence-corrected chi connectivity index (χ0v) is 17.4. The second kappa shape index (κ2) is 9.21. The summed E-state index contributed by atoms with van der Waals surface area (Å²) in [6.45, 7) is 8.07. The predicted molar refractivity (Wildman–Crippen MR) is 113 cm³/mol. The van der Waals surface area contributed by atoms with E-state index in [4.69, 9.17) is 9.26 Å². The fraction of sp³-hybridized carbons (Fsp3) is 0.455. The number of nitrogens with one attached hydrogen (secondary N) is 1. The van der Waals surface area contributed by atoms with Gasteiger partial charge in [0.2, 0.25) is 5.69 Å². The minimum absolute atomic E-state index is 0.114. The van der Waals surface area contributed by atoms with E-state index in [1.165, 1.54) is 17.5 Å². The van der Waals surface area contributed by atoms with Crippen molar-refractivity contribution in [2.45, 2.75) is 33.2 Å². The van der Waals surface area contributed by atoms with Crippen molar-refractivity contribution >= 4 is 22.9 Å². The Kier molecular flexibility index (Phi) is 6.23. The van der Waals surface area contributed by atoms with E-state index in [2.05, 4.69) is 56.5 Å². The van der Waals surface area contributed by atoms with Crippen molar-refractivity contribution in [3.8, 4) is 0 Å². The summed E-state index contributed by atoms with van der Waals surface area (Å²) in [6, 6.07) is 8.71. The standard InChI is InChI=1S/C22H27N5O3/c1-3-29-22(28)19-18-20(24-14-25-21(18)30-26-19)23-12-16-7-9-27(10-8-16)13-17-6-4-5-15(2)11-17/h4-6,11,14,16H,3,7-10,12-13H2,1-2H3,(H,23,24,25). The molecule has 3 heterocycles. The molecule has 0 bridgehead atoms. The second-order valence-electron chi connectivity index (χ2n) is 7.74. The number of esters is 1. The Morgan fingerprint density at radius 1 is 1.30 bits per heavy atom. The fourth-order valence-corrected chi connectivity index (χ4v) is 3.92. The average molecular weight is 409 g/mol. The highest BCUT2D eigenvalue weighted by Crippen LogP contribution is 2.25. The van der Waals surface area contributed by atoms with Crippen molar-refractivity contribution in [3.05, 3.63) is 47.4 Å². The van der Waals surface area contributed by atoms with Gasteiger partial charge in [-0.1, -0.05) is 35.0 Å². The maximum atomic E-state index is 12.2. The SMILES string of the molecule is CCOC(=O)c1noc2ncnc(NCC3CCN(Cc4cccc(C)c4)CC3)c12. The Hall–Kier alpha value is -3.00. The van der Waals surface area contributed by atoms with Gasteiger partial charge in [0.1, 0.15) is 17.5 Å². The smallest absolute Gasteiger partial charge is 0.361 e. The van der Waals surface area contributed by atoms with Gasteiger partial charge in [-0.3, -0.25) is 4.90 Å². The number of carbonyl (C=O) groups excluding carboxylic acids is 1. The molecule has 8 heteroatoms. The van der Waals surface area contributed by atoms with Crippen LogP contribution in [0.25, 0.3) is 11.1 Å². The number of nitrogens with zero attached hydrogens (tertiary/aromatic N) is 4.